The van der Waals surface area contributed by atoms with Crippen molar-refractivity contribution in [1.82, 2.24) is 5.32 Å². The molecule has 33 heavy (non-hydrogen) atoms. The summed E-state index contributed by atoms with van der Waals surface area (Å²) in [5.74, 6) is -0.376. The van der Waals surface area contributed by atoms with Gasteiger partial charge in [0.2, 0.25) is 0 Å². The molecule has 0 radical (unpaired) electrons. The summed E-state index contributed by atoms with van der Waals surface area (Å²) in [5, 5.41) is 4.00. The van der Waals surface area contributed by atoms with Crippen LogP contribution in [0.1, 0.15) is 5.56 Å². The number of amidine groups is 1. The van der Waals surface area contributed by atoms with E-state index in [0.717, 1.165) is 33.8 Å². The number of carbonyl (C=O) groups is 1. The molecule has 1 N–H and O–H groups in total. The minimum absolute atomic E-state index is 0.0417. The van der Waals surface area contributed by atoms with Crippen molar-refractivity contribution >= 4 is 49.7 Å². The zero-order valence-electron chi connectivity index (χ0n) is 17.3. The van der Waals surface area contributed by atoms with Gasteiger partial charge in [-0.1, -0.05) is 91.0 Å². The van der Waals surface area contributed by atoms with Gasteiger partial charge in [-0.05, 0) is 46.0 Å². The summed E-state index contributed by atoms with van der Waals surface area (Å²) < 4.78 is 29.9. The molecular formula is C26H18N2O3S2. The van der Waals surface area contributed by atoms with E-state index >= 15 is 0 Å². The van der Waals surface area contributed by atoms with Crippen LogP contribution in [0.2, 0.25) is 0 Å². The zero-order chi connectivity index (χ0) is 22.8. The summed E-state index contributed by atoms with van der Waals surface area (Å²) >= 11 is 1.01. The Labute approximate surface area is 195 Å². The molecule has 4 aromatic rings. The van der Waals surface area contributed by atoms with Crippen molar-refractivity contribution in [1.29, 1.82) is 0 Å². The maximum Gasteiger partial charge on any atom is 0.285 e. The van der Waals surface area contributed by atoms with E-state index in [1.54, 1.807) is 24.3 Å². The molecule has 7 heteroatoms. The third-order valence-corrected chi connectivity index (χ3v) is 7.56. The molecule has 1 fully saturated rings. The third-order valence-electron chi connectivity index (χ3n) is 5.20. The number of thioether (sulfide) groups is 1. The minimum Gasteiger partial charge on any atom is -0.300 e. The van der Waals surface area contributed by atoms with Crippen LogP contribution in [0.15, 0.2) is 111 Å². The fraction of sp³-hybridized carbons (Fsp3) is 0. The first kappa shape index (κ1) is 21.2. The number of hydrogen-bond donors (Lipinski definition) is 1. The molecule has 0 aliphatic carbocycles. The minimum atomic E-state index is -4.00. The van der Waals surface area contributed by atoms with Crippen LogP contribution >= 0.6 is 11.8 Å². The second-order valence-electron chi connectivity index (χ2n) is 7.40. The highest BCUT2D eigenvalue weighted by Gasteiger charge is 2.27. The van der Waals surface area contributed by atoms with Crippen LogP contribution in [0.25, 0.3) is 28.0 Å². The van der Waals surface area contributed by atoms with Crippen molar-refractivity contribution in [3.05, 3.63) is 108 Å². The number of nitrogens with zero attached hydrogens (tertiary/aromatic N) is 1. The van der Waals surface area contributed by atoms with Gasteiger partial charge in [0.1, 0.15) is 0 Å². The van der Waals surface area contributed by atoms with Gasteiger partial charge in [0, 0.05) is 5.39 Å². The van der Waals surface area contributed by atoms with Gasteiger partial charge in [0.05, 0.1) is 9.80 Å². The van der Waals surface area contributed by atoms with Crippen molar-refractivity contribution in [2.45, 2.75) is 4.90 Å². The van der Waals surface area contributed by atoms with E-state index in [2.05, 4.69) is 9.71 Å². The largest absolute Gasteiger partial charge is 0.300 e. The first-order valence-corrected chi connectivity index (χ1v) is 12.4. The first-order valence-electron chi connectivity index (χ1n) is 10.2. The Hall–Kier alpha value is -3.68. The quantitative estimate of drug-likeness (QED) is 0.402. The SMILES string of the molecule is O=C1NC(=NS(=O)(=O)c2cccc3ccccc23)S/C1=C\c1ccc(-c2ccccc2)cc1. The smallest absolute Gasteiger partial charge is 0.285 e. The summed E-state index contributed by atoms with van der Waals surface area (Å²) in [7, 11) is -4.00. The average molecular weight is 471 g/mol. The summed E-state index contributed by atoms with van der Waals surface area (Å²) in [6.07, 6.45) is 1.72. The Morgan fingerprint density at radius 1 is 0.758 bits per heavy atom. The van der Waals surface area contributed by atoms with E-state index < -0.39 is 10.0 Å². The number of fused-ring (bicyclic) bond motifs is 1. The highest BCUT2D eigenvalue weighted by molar-refractivity contribution is 8.19. The first-order chi connectivity index (χ1) is 16.0. The van der Waals surface area contributed by atoms with E-state index in [4.69, 9.17) is 0 Å². The molecule has 0 spiro atoms. The van der Waals surface area contributed by atoms with Crippen molar-refractivity contribution in [2.75, 3.05) is 0 Å². The van der Waals surface area contributed by atoms with E-state index in [1.807, 2.05) is 72.8 Å². The van der Waals surface area contributed by atoms with Crippen LogP contribution in [0.3, 0.4) is 0 Å². The molecule has 1 saturated heterocycles. The fourth-order valence-corrected chi connectivity index (χ4v) is 5.81. The number of sulfonamides is 1. The Morgan fingerprint density at radius 3 is 2.21 bits per heavy atom. The van der Waals surface area contributed by atoms with Gasteiger partial charge in [-0.25, -0.2) is 0 Å². The van der Waals surface area contributed by atoms with Crippen molar-refractivity contribution in [2.24, 2.45) is 4.40 Å². The van der Waals surface area contributed by atoms with Crippen molar-refractivity contribution < 1.29 is 13.2 Å². The van der Waals surface area contributed by atoms with E-state index in [-0.39, 0.29) is 16.0 Å². The van der Waals surface area contributed by atoms with Gasteiger partial charge >= 0.3 is 0 Å². The van der Waals surface area contributed by atoms with Crippen LogP contribution in [-0.4, -0.2) is 19.5 Å². The fourth-order valence-electron chi connectivity index (χ4n) is 3.60. The Bertz CT molecular complexity index is 1520. The van der Waals surface area contributed by atoms with Gasteiger partial charge in [0.15, 0.2) is 5.17 Å². The maximum atomic E-state index is 13.0. The lowest BCUT2D eigenvalue weighted by atomic mass is 10.0. The van der Waals surface area contributed by atoms with Crippen LogP contribution in [-0.2, 0) is 14.8 Å². The molecule has 0 atom stereocenters. The predicted molar refractivity (Wildman–Crippen MR) is 134 cm³/mol. The van der Waals surface area contributed by atoms with E-state index in [9.17, 15) is 13.2 Å². The van der Waals surface area contributed by atoms with Gasteiger partial charge in [-0.3, -0.25) is 10.1 Å². The molecule has 0 unspecified atom stereocenters. The number of hydrogen-bond acceptors (Lipinski definition) is 4. The second kappa shape index (κ2) is 8.69. The van der Waals surface area contributed by atoms with Crippen LogP contribution in [0.4, 0.5) is 0 Å². The summed E-state index contributed by atoms with van der Waals surface area (Å²) in [5.41, 5.74) is 3.02. The molecule has 4 aromatic carbocycles. The lowest BCUT2D eigenvalue weighted by Gasteiger charge is -2.04. The molecule has 1 aliphatic heterocycles. The molecule has 5 nitrogen and oxygen atoms in total. The zero-order valence-corrected chi connectivity index (χ0v) is 18.9. The summed E-state index contributed by atoms with van der Waals surface area (Å²) in [6, 6.07) is 30.1. The number of nitrogens with one attached hydrogen (secondary N) is 1. The van der Waals surface area contributed by atoms with Gasteiger partial charge in [-0.2, -0.15) is 8.42 Å². The van der Waals surface area contributed by atoms with E-state index in [1.165, 1.54) is 6.07 Å². The highest BCUT2D eigenvalue weighted by Crippen LogP contribution is 2.30. The Kier molecular flexibility index (Phi) is 5.58. The summed E-state index contributed by atoms with van der Waals surface area (Å²) in [4.78, 5) is 12.9. The maximum absolute atomic E-state index is 13.0. The third kappa shape index (κ3) is 4.46. The Morgan fingerprint density at radius 2 is 1.42 bits per heavy atom. The Balaban J connectivity index is 1.40. The molecule has 1 aliphatic rings. The average Bonchev–Trinajstić information content (AvgIpc) is 3.17. The molecule has 162 valence electrons. The van der Waals surface area contributed by atoms with Crippen molar-refractivity contribution in [3.8, 4) is 11.1 Å². The van der Waals surface area contributed by atoms with Crippen LogP contribution in [0, 0.1) is 0 Å². The van der Waals surface area contributed by atoms with Gasteiger partial charge in [-0.15, -0.1) is 4.40 Å². The lowest BCUT2D eigenvalue weighted by molar-refractivity contribution is -0.115. The number of rotatable bonds is 4. The second-order valence-corrected chi connectivity index (χ2v) is 10.0. The molecular weight excluding hydrogens is 452 g/mol. The number of carbonyl (C=O) groups excluding carboxylic acids is 1. The topological polar surface area (TPSA) is 75.6 Å². The molecule has 0 saturated carbocycles. The highest BCUT2D eigenvalue weighted by atomic mass is 32.2. The number of benzene rings is 4. The van der Waals surface area contributed by atoms with E-state index in [0.29, 0.717) is 10.3 Å². The van der Waals surface area contributed by atoms with Gasteiger partial charge in [0.25, 0.3) is 15.9 Å². The number of amides is 1. The standard InChI is InChI=1S/C26H18N2O3S2/c29-25-23(17-18-13-15-20(16-14-18)19-7-2-1-3-8-19)32-26(27-25)28-33(30,31)24-12-6-10-21-9-4-5-11-22(21)24/h1-17H,(H,27,28,29)/b23-17-. The summed E-state index contributed by atoms with van der Waals surface area (Å²) in [6.45, 7) is 0. The lowest BCUT2D eigenvalue weighted by Crippen LogP contribution is -2.20. The molecule has 1 heterocycles. The monoisotopic (exact) mass is 470 g/mol. The van der Waals surface area contributed by atoms with Crippen LogP contribution in [0.5, 0.6) is 0 Å². The normalized spacial score (nSPS) is 16.4. The molecule has 5 rings (SSSR count). The van der Waals surface area contributed by atoms with Crippen molar-refractivity contribution in [3.63, 3.8) is 0 Å². The molecule has 0 bridgehead atoms. The molecule has 0 aromatic heterocycles. The molecule has 1 amide bonds. The predicted octanol–water partition coefficient (Wildman–Crippen LogP) is 5.46. The van der Waals surface area contributed by atoms with Crippen LogP contribution < -0.4 is 5.32 Å². The van der Waals surface area contributed by atoms with Gasteiger partial charge < -0.3 is 0 Å².